The van der Waals surface area contributed by atoms with Gasteiger partial charge in [-0.1, -0.05) is 23.3 Å². The van der Waals surface area contributed by atoms with Crippen LogP contribution in [0.3, 0.4) is 0 Å². The summed E-state index contributed by atoms with van der Waals surface area (Å²) in [4.78, 5) is 19.0. The Kier molecular flexibility index (Phi) is 4.81. The number of aromatic nitrogens is 4. The minimum absolute atomic E-state index is 0.0570. The molecule has 0 N–H and O–H groups in total. The lowest BCUT2D eigenvalue weighted by Gasteiger charge is -2.38. The minimum atomic E-state index is -0.479. The average molecular weight is 357 g/mol. The van der Waals surface area contributed by atoms with Gasteiger partial charge in [0.15, 0.2) is 6.10 Å². The lowest BCUT2D eigenvalue weighted by atomic mass is 10.2. The Morgan fingerprint density at radius 1 is 1.12 bits per heavy atom. The van der Waals surface area contributed by atoms with Crippen LogP contribution in [0.1, 0.15) is 0 Å². The molecule has 2 aromatic rings. The van der Waals surface area contributed by atoms with Gasteiger partial charge >= 0.3 is 0 Å². The van der Waals surface area contributed by atoms with Gasteiger partial charge in [-0.2, -0.15) is 4.68 Å². The van der Waals surface area contributed by atoms with E-state index in [9.17, 15) is 4.79 Å². The molecule has 0 aliphatic carbocycles. The molecule has 2 aliphatic heterocycles. The standard InChI is InChI=1S/C17H23N7O2/c1-21-7-9-22(10-8-21)16(25)15-13-23(11-12-26-15)17-18-19-20-24(17)14-5-3-2-4-6-14/h2-6,15H,7-13H2,1H3/t15-/m0/s1. The van der Waals surface area contributed by atoms with Crippen LogP contribution in [-0.4, -0.2) is 94.9 Å². The fourth-order valence-corrected chi connectivity index (χ4v) is 3.33. The van der Waals surface area contributed by atoms with Gasteiger partial charge in [-0.3, -0.25) is 4.79 Å². The maximum atomic E-state index is 12.8. The zero-order chi connectivity index (χ0) is 17.9. The summed E-state index contributed by atoms with van der Waals surface area (Å²) in [5, 5.41) is 12.1. The Morgan fingerprint density at radius 3 is 2.65 bits per heavy atom. The number of hydrogen-bond acceptors (Lipinski definition) is 7. The van der Waals surface area contributed by atoms with Crippen LogP contribution in [0.5, 0.6) is 0 Å². The fourth-order valence-electron chi connectivity index (χ4n) is 3.33. The molecule has 26 heavy (non-hydrogen) atoms. The maximum Gasteiger partial charge on any atom is 0.253 e. The molecule has 1 amide bonds. The summed E-state index contributed by atoms with van der Waals surface area (Å²) < 4.78 is 7.47. The third-order valence-corrected chi connectivity index (χ3v) is 4.89. The molecule has 138 valence electrons. The summed E-state index contributed by atoms with van der Waals surface area (Å²) in [5.74, 6) is 0.692. The highest BCUT2D eigenvalue weighted by molar-refractivity contribution is 5.82. The third-order valence-electron chi connectivity index (χ3n) is 4.89. The lowest BCUT2D eigenvalue weighted by molar-refractivity contribution is -0.146. The first-order valence-corrected chi connectivity index (χ1v) is 8.90. The summed E-state index contributed by atoms with van der Waals surface area (Å²) in [6.45, 7) is 4.88. The number of carbonyl (C=O) groups excluding carboxylic acids is 1. The van der Waals surface area contributed by atoms with Crippen molar-refractivity contribution in [3.05, 3.63) is 30.3 Å². The fraction of sp³-hybridized carbons (Fsp3) is 0.529. The number of likely N-dealkylation sites (N-methyl/N-ethyl adjacent to an activating group) is 1. The Morgan fingerprint density at radius 2 is 1.88 bits per heavy atom. The zero-order valence-corrected chi connectivity index (χ0v) is 14.9. The van der Waals surface area contributed by atoms with Crippen LogP contribution < -0.4 is 4.90 Å². The van der Waals surface area contributed by atoms with Gasteiger partial charge in [0.2, 0.25) is 0 Å². The molecule has 0 unspecified atom stereocenters. The number of carbonyl (C=O) groups is 1. The Labute approximate surface area is 152 Å². The smallest absolute Gasteiger partial charge is 0.253 e. The first-order valence-electron chi connectivity index (χ1n) is 8.90. The van der Waals surface area contributed by atoms with Crippen LogP contribution in [0.2, 0.25) is 0 Å². The average Bonchev–Trinajstić information content (AvgIpc) is 3.19. The van der Waals surface area contributed by atoms with Gasteiger partial charge in [0.05, 0.1) is 18.8 Å². The summed E-state index contributed by atoms with van der Waals surface area (Å²) in [5.41, 5.74) is 0.890. The summed E-state index contributed by atoms with van der Waals surface area (Å²) in [6, 6.07) is 9.74. The quantitative estimate of drug-likeness (QED) is 0.742. The summed E-state index contributed by atoms with van der Waals surface area (Å²) in [6.07, 6.45) is -0.479. The van der Waals surface area contributed by atoms with E-state index in [1.54, 1.807) is 4.68 Å². The van der Waals surface area contributed by atoms with Crippen molar-refractivity contribution in [2.45, 2.75) is 6.10 Å². The number of amides is 1. The predicted octanol–water partition coefficient (Wildman–Crippen LogP) is -0.358. The number of piperazine rings is 1. The SMILES string of the molecule is CN1CCN(C(=O)[C@@H]2CN(c3nnnn3-c3ccccc3)CCO2)CC1. The van der Waals surface area contributed by atoms with Gasteiger partial charge in [-0.25, -0.2) is 0 Å². The minimum Gasteiger partial charge on any atom is -0.365 e. The Balaban J connectivity index is 1.48. The largest absolute Gasteiger partial charge is 0.365 e. The molecule has 4 rings (SSSR count). The molecule has 1 aromatic carbocycles. The van der Waals surface area contributed by atoms with Gasteiger partial charge < -0.3 is 19.4 Å². The lowest BCUT2D eigenvalue weighted by Crippen LogP contribution is -2.55. The second-order valence-corrected chi connectivity index (χ2v) is 6.66. The molecule has 9 nitrogen and oxygen atoms in total. The third kappa shape index (κ3) is 3.40. The molecule has 3 heterocycles. The van der Waals surface area contributed by atoms with E-state index in [0.29, 0.717) is 25.6 Å². The molecular formula is C17H23N7O2. The highest BCUT2D eigenvalue weighted by Crippen LogP contribution is 2.19. The molecule has 0 bridgehead atoms. The molecule has 0 radical (unpaired) electrons. The van der Waals surface area contributed by atoms with Crippen molar-refractivity contribution in [1.82, 2.24) is 30.0 Å². The molecule has 0 saturated carbocycles. The summed E-state index contributed by atoms with van der Waals surface area (Å²) in [7, 11) is 2.07. The van der Waals surface area contributed by atoms with Gasteiger partial charge in [-0.05, 0) is 29.6 Å². The number of para-hydroxylation sites is 1. The van der Waals surface area contributed by atoms with Crippen LogP contribution in [0.15, 0.2) is 30.3 Å². The van der Waals surface area contributed by atoms with Crippen LogP contribution in [0.4, 0.5) is 5.95 Å². The van der Waals surface area contributed by atoms with E-state index < -0.39 is 6.10 Å². The van der Waals surface area contributed by atoms with Crippen molar-refractivity contribution in [2.24, 2.45) is 0 Å². The molecule has 1 atom stereocenters. The number of nitrogens with zero attached hydrogens (tertiary/aromatic N) is 7. The molecule has 2 fully saturated rings. The maximum absolute atomic E-state index is 12.8. The van der Waals surface area contributed by atoms with E-state index in [-0.39, 0.29) is 5.91 Å². The van der Waals surface area contributed by atoms with Gasteiger partial charge in [0.25, 0.3) is 11.9 Å². The number of morpholine rings is 1. The molecule has 1 aromatic heterocycles. The van der Waals surface area contributed by atoms with Crippen molar-refractivity contribution in [3.8, 4) is 5.69 Å². The van der Waals surface area contributed by atoms with Gasteiger partial charge in [0, 0.05) is 32.7 Å². The van der Waals surface area contributed by atoms with Crippen LogP contribution in [0.25, 0.3) is 5.69 Å². The number of ether oxygens (including phenoxy) is 1. The van der Waals surface area contributed by atoms with Crippen LogP contribution in [0, 0.1) is 0 Å². The summed E-state index contributed by atoms with van der Waals surface area (Å²) >= 11 is 0. The van der Waals surface area contributed by atoms with E-state index >= 15 is 0 Å². The van der Waals surface area contributed by atoms with Crippen LogP contribution in [-0.2, 0) is 9.53 Å². The van der Waals surface area contributed by atoms with Gasteiger partial charge in [-0.15, -0.1) is 0 Å². The van der Waals surface area contributed by atoms with E-state index in [0.717, 1.165) is 31.9 Å². The van der Waals surface area contributed by atoms with Crippen molar-refractivity contribution >= 4 is 11.9 Å². The molecule has 9 heteroatoms. The predicted molar refractivity (Wildman–Crippen MR) is 95.2 cm³/mol. The van der Waals surface area contributed by atoms with Crippen molar-refractivity contribution in [2.75, 3.05) is 57.8 Å². The second-order valence-electron chi connectivity index (χ2n) is 6.66. The second kappa shape index (κ2) is 7.38. The number of anilines is 1. The molecule has 2 saturated heterocycles. The highest BCUT2D eigenvalue weighted by atomic mass is 16.5. The topological polar surface area (TPSA) is 79.6 Å². The number of rotatable bonds is 3. The van der Waals surface area contributed by atoms with E-state index in [4.69, 9.17) is 4.74 Å². The van der Waals surface area contributed by atoms with Crippen molar-refractivity contribution in [1.29, 1.82) is 0 Å². The number of hydrogen-bond donors (Lipinski definition) is 0. The van der Waals surface area contributed by atoms with Crippen LogP contribution >= 0.6 is 0 Å². The number of tetrazole rings is 1. The van der Waals surface area contributed by atoms with E-state index in [2.05, 4.69) is 27.5 Å². The zero-order valence-electron chi connectivity index (χ0n) is 14.9. The normalized spacial score (nSPS) is 21.8. The molecule has 2 aliphatic rings. The first kappa shape index (κ1) is 16.9. The highest BCUT2D eigenvalue weighted by Gasteiger charge is 2.33. The number of benzene rings is 1. The van der Waals surface area contributed by atoms with Gasteiger partial charge in [0.1, 0.15) is 0 Å². The van der Waals surface area contributed by atoms with E-state index in [1.165, 1.54) is 0 Å². The first-order chi connectivity index (χ1) is 12.7. The van der Waals surface area contributed by atoms with Crippen molar-refractivity contribution in [3.63, 3.8) is 0 Å². The van der Waals surface area contributed by atoms with E-state index in [1.807, 2.05) is 40.1 Å². The van der Waals surface area contributed by atoms with Crippen molar-refractivity contribution < 1.29 is 9.53 Å². The Hall–Kier alpha value is -2.52. The monoisotopic (exact) mass is 357 g/mol. The molecule has 0 spiro atoms. The Bertz CT molecular complexity index is 743. The molecular weight excluding hydrogens is 334 g/mol.